The van der Waals surface area contributed by atoms with E-state index in [1.54, 1.807) is 0 Å². The van der Waals surface area contributed by atoms with E-state index >= 15 is 0 Å². The fraction of sp³-hybridized carbons (Fsp3) is 0.889. The van der Waals surface area contributed by atoms with E-state index in [0.29, 0.717) is 18.6 Å². The molecule has 1 rings (SSSR count). The summed E-state index contributed by atoms with van der Waals surface area (Å²) < 4.78 is 30.5. The van der Waals surface area contributed by atoms with Crippen molar-refractivity contribution < 1.29 is 18.2 Å². The third-order valence-corrected chi connectivity index (χ3v) is 4.41. The lowest BCUT2D eigenvalue weighted by Crippen LogP contribution is -2.46. The molecule has 0 amide bonds. The standard InChI is InChI=1S/C9H17NO4S/c1-8(2)4-7(10-11)5-9(3,6-8)15(12,13)14/h11H,4-6H2,1-3H3,(H,12,13,14)/b10-7+/t9-/m0/s1. The molecule has 0 heterocycles. The van der Waals surface area contributed by atoms with Crippen molar-refractivity contribution in [1.82, 2.24) is 0 Å². The van der Waals surface area contributed by atoms with Gasteiger partial charge in [-0.1, -0.05) is 19.0 Å². The van der Waals surface area contributed by atoms with E-state index in [2.05, 4.69) is 5.16 Å². The van der Waals surface area contributed by atoms with Crippen molar-refractivity contribution in [2.75, 3.05) is 0 Å². The van der Waals surface area contributed by atoms with Crippen LogP contribution in [0.15, 0.2) is 5.16 Å². The highest BCUT2D eigenvalue weighted by molar-refractivity contribution is 7.87. The Morgan fingerprint density at radius 1 is 1.27 bits per heavy atom. The van der Waals surface area contributed by atoms with Crippen LogP contribution in [0, 0.1) is 5.41 Å². The van der Waals surface area contributed by atoms with Gasteiger partial charge in [0, 0.05) is 6.42 Å². The second-order valence-electron chi connectivity index (χ2n) is 5.29. The Morgan fingerprint density at radius 2 is 1.80 bits per heavy atom. The molecule has 0 aliphatic heterocycles. The molecule has 1 atom stereocenters. The topological polar surface area (TPSA) is 87.0 Å². The van der Waals surface area contributed by atoms with Crippen LogP contribution in [0.2, 0.25) is 0 Å². The van der Waals surface area contributed by atoms with E-state index in [-0.39, 0.29) is 11.8 Å². The van der Waals surface area contributed by atoms with Crippen LogP contribution in [0.1, 0.15) is 40.0 Å². The monoisotopic (exact) mass is 235 g/mol. The molecule has 5 nitrogen and oxygen atoms in total. The summed E-state index contributed by atoms with van der Waals surface area (Å²) in [4.78, 5) is 0. The molecule has 6 heteroatoms. The minimum Gasteiger partial charge on any atom is -0.411 e. The van der Waals surface area contributed by atoms with Crippen molar-refractivity contribution in [1.29, 1.82) is 0 Å². The molecule has 1 saturated carbocycles. The van der Waals surface area contributed by atoms with Gasteiger partial charge in [-0.3, -0.25) is 4.55 Å². The highest BCUT2D eigenvalue weighted by Gasteiger charge is 2.47. The quantitative estimate of drug-likeness (QED) is 0.411. The maximum absolute atomic E-state index is 11.3. The van der Waals surface area contributed by atoms with E-state index < -0.39 is 14.9 Å². The molecule has 1 fully saturated rings. The third kappa shape index (κ3) is 2.49. The Bertz CT molecular complexity index is 385. The van der Waals surface area contributed by atoms with Gasteiger partial charge in [-0.15, -0.1) is 0 Å². The number of hydrogen-bond acceptors (Lipinski definition) is 4. The molecule has 15 heavy (non-hydrogen) atoms. The van der Waals surface area contributed by atoms with Crippen LogP contribution in [0.5, 0.6) is 0 Å². The zero-order valence-corrected chi connectivity index (χ0v) is 10.0. The van der Waals surface area contributed by atoms with E-state index in [0.717, 1.165) is 0 Å². The van der Waals surface area contributed by atoms with Crippen molar-refractivity contribution in [3.8, 4) is 0 Å². The van der Waals surface area contributed by atoms with Crippen molar-refractivity contribution in [3.63, 3.8) is 0 Å². The van der Waals surface area contributed by atoms with Gasteiger partial charge < -0.3 is 5.21 Å². The predicted molar refractivity (Wildman–Crippen MR) is 56.8 cm³/mol. The summed E-state index contributed by atoms with van der Waals surface area (Å²) in [6.07, 6.45) is 0.998. The highest BCUT2D eigenvalue weighted by atomic mass is 32.2. The summed E-state index contributed by atoms with van der Waals surface area (Å²) in [5, 5.41) is 11.8. The Morgan fingerprint density at radius 3 is 2.20 bits per heavy atom. The van der Waals surface area contributed by atoms with E-state index in [1.165, 1.54) is 6.92 Å². The zero-order chi connectivity index (χ0) is 11.9. The Balaban J connectivity index is 3.14. The number of hydrogen-bond donors (Lipinski definition) is 2. The predicted octanol–water partition coefficient (Wildman–Crippen LogP) is 1.67. The number of nitrogens with zero attached hydrogens (tertiary/aromatic N) is 1. The average Bonchev–Trinajstić information content (AvgIpc) is 1.98. The average molecular weight is 235 g/mol. The van der Waals surface area contributed by atoms with Gasteiger partial charge in [0.25, 0.3) is 10.1 Å². The molecule has 0 radical (unpaired) electrons. The van der Waals surface area contributed by atoms with Crippen molar-refractivity contribution >= 4 is 15.8 Å². The van der Waals surface area contributed by atoms with Gasteiger partial charge in [-0.25, -0.2) is 0 Å². The first kappa shape index (κ1) is 12.4. The van der Waals surface area contributed by atoms with Gasteiger partial charge in [-0.2, -0.15) is 8.42 Å². The SMILES string of the molecule is CC1(C)C/C(=N\O)C[C@](C)(S(=O)(=O)O)C1. The van der Waals surface area contributed by atoms with Gasteiger partial charge in [0.05, 0.1) is 5.71 Å². The molecule has 1 aliphatic carbocycles. The molecule has 0 saturated heterocycles. The summed E-state index contributed by atoms with van der Waals surface area (Å²) >= 11 is 0. The van der Waals surface area contributed by atoms with Crippen LogP contribution in [0.3, 0.4) is 0 Å². The number of oxime groups is 1. The van der Waals surface area contributed by atoms with Crippen LogP contribution in [-0.2, 0) is 10.1 Å². The Kier molecular flexibility index (Phi) is 2.86. The van der Waals surface area contributed by atoms with E-state index in [9.17, 15) is 13.0 Å². The molecular weight excluding hydrogens is 218 g/mol. The fourth-order valence-electron chi connectivity index (χ4n) is 2.44. The molecule has 0 unspecified atom stereocenters. The largest absolute Gasteiger partial charge is 0.411 e. The summed E-state index contributed by atoms with van der Waals surface area (Å²) in [5.41, 5.74) is 0.135. The third-order valence-electron chi connectivity index (χ3n) is 2.88. The molecule has 0 aromatic carbocycles. The van der Waals surface area contributed by atoms with Crippen LogP contribution in [0.25, 0.3) is 0 Å². The van der Waals surface area contributed by atoms with E-state index in [1.807, 2.05) is 13.8 Å². The van der Waals surface area contributed by atoms with Crippen LogP contribution < -0.4 is 0 Å². The molecule has 0 spiro atoms. The molecule has 88 valence electrons. The number of rotatable bonds is 1. The van der Waals surface area contributed by atoms with Crippen molar-refractivity contribution in [3.05, 3.63) is 0 Å². The molecule has 2 N–H and O–H groups in total. The summed E-state index contributed by atoms with van der Waals surface area (Å²) in [6.45, 7) is 5.26. The van der Waals surface area contributed by atoms with Gasteiger partial charge in [-0.05, 0) is 25.2 Å². The van der Waals surface area contributed by atoms with Gasteiger partial charge in [0.2, 0.25) is 0 Å². The van der Waals surface area contributed by atoms with Crippen LogP contribution in [-0.4, -0.2) is 28.6 Å². The van der Waals surface area contributed by atoms with Gasteiger partial charge >= 0.3 is 0 Å². The first-order valence-corrected chi connectivity index (χ1v) is 6.21. The fourth-order valence-corrected chi connectivity index (χ4v) is 3.36. The smallest absolute Gasteiger partial charge is 0.270 e. The molecule has 0 aromatic heterocycles. The molecule has 0 bridgehead atoms. The zero-order valence-electron chi connectivity index (χ0n) is 9.19. The van der Waals surface area contributed by atoms with Crippen LogP contribution >= 0.6 is 0 Å². The van der Waals surface area contributed by atoms with E-state index in [4.69, 9.17) is 5.21 Å². The Hall–Kier alpha value is -0.620. The summed E-state index contributed by atoms with van der Waals surface area (Å²) in [6, 6.07) is 0. The van der Waals surface area contributed by atoms with Crippen molar-refractivity contribution in [2.45, 2.75) is 44.8 Å². The summed E-state index contributed by atoms with van der Waals surface area (Å²) in [7, 11) is -4.13. The van der Waals surface area contributed by atoms with Crippen molar-refractivity contribution in [2.24, 2.45) is 10.6 Å². The summed E-state index contributed by atoms with van der Waals surface area (Å²) in [5.74, 6) is 0. The second kappa shape index (κ2) is 3.45. The lowest BCUT2D eigenvalue weighted by Gasteiger charge is -2.40. The van der Waals surface area contributed by atoms with Gasteiger partial charge in [0.15, 0.2) is 0 Å². The minimum absolute atomic E-state index is 0.0891. The molecule has 0 aromatic rings. The molecular formula is C9H17NO4S. The van der Waals surface area contributed by atoms with Gasteiger partial charge in [0.1, 0.15) is 4.75 Å². The second-order valence-corrected chi connectivity index (χ2v) is 7.22. The lowest BCUT2D eigenvalue weighted by molar-refractivity contribution is 0.250. The lowest BCUT2D eigenvalue weighted by atomic mass is 9.71. The van der Waals surface area contributed by atoms with Crippen LogP contribution in [0.4, 0.5) is 0 Å². The highest BCUT2D eigenvalue weighted by Crippen LogP contribution is 2.43. The normalized spacial score (nSPS) is 34.3. The maximum atomic E-state index is 11.3. The first-order valence-electron chi connectivity index (χ1n) is 4.76. The maximum Gasteiger partial charge on any atom is 0.270 e. The minimum atomic E-state index is -4.13. The first-order chi connectivity index (χ1) is 6.60. The Labute approximate surface area is 89.9 Å². The molecule has 1 aliphatic rings.